The van der Waals surface area contributed by atoms with Crippen LogP contribution in [0.2, 0.25) is 0 Å². The third-order valence-corrected chi connectivity index (χ3v) is 6.18. The number of carbonyl (C=O) groups is 1. The molecule has 0 fully saturated rings. The van der Waals surface area contributed by atoms with Gasteiger partial charge in [-0.15, -0.1) is 5.10 Å². The van der Waals surface area contributed by atoms with E-state index in [4.69, 9.17) is 13.9 Å². The zero-order valence-corrected chi connectivity index (χ0v) is 17.0. The molecule has 2 aromatic carbocycles. The van der Waals surface area contributed by atoms with E-state index < -0.39 is 27.3 Å². The first kappa shape index (κ1) is 20.8. The highest BCUT2D eigenvalue weighted by atomic mass is 32.2. The summed E-state index contributed by atoms with van der Waals surface area (Å²) in [6.45, 7) is 0.980. The number of aromatic nitrogens is 2. The highest BCUT2D eigenvalue weighted by Crippen LogP contribution is 2.31. The van der Waals surface area contributed by atoms with Gasteiger partial charge in [-0.3, -0.25) is 10.1 Å². The van der Waals surface area contributed by atoms with Gasteiger partial charge in [0.25, 0.3) is 0 Å². The zero-order chi connectivity index (χ0) is 21.8. The highest BCUT2D eigenvalue weighted by Gasteiger charge is 2.18. The molecule has 1 aromatic heterocycles. The largest absolute Gasteiger partial charge is 0.486 e. The van der Waals surface area contributed by atoms with Gasteiger partial charge in [0.2, 0.25) is 11.8 Å². The van der Waals surface area contributed by atoms with Crippen LogP contribution in [0.3, 0.4) is 0 Å². The third kappa shape index (κ3) is 5.18. The van der Waals surface area contributed by atoms with Gasteiger partial charge in [-0.25, -0.2) is 12.8 Å². The molecule has 0 saturated heterocycles. The minimum atomic E-state index is -3.72. The van der Waals surface area contributed by atoms with Crippen LogP contribution in [0.1, 0.15) is 17.9 Å². The number of hydrogen-bond donors (Lipinski definition) is 1. The van der Waals surface area contributed by atoms with E-state index in [-0.39, 0.29) is 23.2 Å². The zero-order valence-electron chi connectivity index (χ0n) is 16.2. The molecule has 4 rings (SSSR count). The van der Waals surface area contributed by atoms with Gasteiger partial charge in [-0.2, -0.15) is 0 Å². The maximum atomic E-state index is 13.0. The number of hydrogen-bond acceptors (Lipinski definition) is 8. The Hall–Kier alpha value is -3.47. The Kier molecular flexibility index (Phi) is 5.85. The quantitative estimate of drug-likeness (QED) is 0.548. The van der Waals surface area contributed by atoms with E-state index in [1.165, 1.54) is 0 Å². The number of ether oxygens (including phenoxy) is 2. The molecule has 0 aliphatic carbocycles. The van der Waals surface area contributed by atoms with Crippen molar-refractivity contribution in [3.05, 3.63) is 59.7 Å². The van der Waals surface area contributed by atoms with Crippen LogP contribution >= 0.6 is 0 Å². The summed E-state index contributed by atoms with van der Waals surface area (Å²) in [7, 11) is -3.72. The molecule has 0 saturated carbocycles. The van der Waals surface area contributed by atoms with E-state index in [1.807, 2.05) is 12.1 Å². The van der Waals surface area contributed by atoms with Crippen LogP contribution in [-0.4, -0.2) is 43.5 Å². The molecule has 0 unspecified atom stereocenters. The first-order chi connectivity index (χ1) is 14.9. The van der Waals surface area contributed by atoms with Crippen molar-refractivity contribution in [2.45, 2.75) is 17.7 Å². The monoisotopic (exact) mass is 447 g/mol. The van der Waals surface area contributed by atoms with Crippen molar-refractivity contribution in [3.63, 3.8) is 0 Å². The topological polar surface area (TPSA) is 121 Å². The Morgan fingerprint density at radius 1 is 1.03 bits per heavy atom. The lowest BCUT2D eigenvalue weighted by Gasteiger charge is -2.18. The van der Waals surface area contributed by atoms with Gasteiger partial charge in [0.15, 0.2) is 21.3 Å². The fourth-order valence-corrected chi connectivity index (χ4v) is 4.16. The van der Waals surface area contributed by atoms with E-state index in [0.29, 0.717) is 31.1 Å². The number of sulfone groups is 1. The lowest BCUT2D eigenvalue weighted by atomic mass is 10.1. The lowest BCUT2D eigenvalue weighted by molar-refractivity contribution is -0.116. The SMILES string of the molecule is O=C(CCS(=O)(=O)c1ccc(F)cc1)Nc1nnc(Cc2ccc3c(c2)OCCO3)o1. The Bertz CT molecular complexity index is 1190. The maximum Gasteiger partial charge on any atom is 0.322 e. The molecule has 162 valence electrons. The standard InChI is InChI=1S/C20H18FN3O6S/c21-14-2-4-15(5-3-14)31(26,27)10-7-18(25)22-20-24-23-19(30-20)12-13-1-6-16-17(11-13)29-9-8-28-16/h1-6,11H,7-10,12H2,(H,22,24,25). The van der Waals surface area contributed by atoms with E-state index in [1.54, 1.807) is 6.07 Å². The predicted octanol–water partition coefficient (Wildman–Crippen LogP) is 2.37. The van der Waals surface area contributed by atoms with Crippen LogP contribution in [0.25, 0.3) is 0 Å². The number of benzene rings is 2. The highest BCUT2D eigenvalue weighted by molar-refractivity contribution is 7.91. The van der Waals surface area contributed by atoms with Crippen molar-refractivity contribution >= 4 is 21.8 Å². The van der Waals surface area contributed by atoms with Crippen molar-refractivity contribution in [1.82, 2.24) is 10.2 Å². The lowest BCUT2D eigenvalue weighted by Crippen LogP contribution is -2.17. The minimum absolute atomic E-state index is 0.0544. The average molecular weight is 447 g/mol. The van der Waals surface area contributed by atoms with Gasteiger partial charge in [-0.1, -0.05) is 11.2 Å². The van der Waals surface area contributed by atoms with Gasteiger partial charge in [0.1, 0.15) is 19.0 Å². The molecule has 3 aromatic rings. The van der Waals surface area contributed by atoms with Crippen molar-refractivity contribution in [3.8, 4) is 11.5 Å². The second kappa shape index (κ2) is 8.72. The summed E-state index contributed by atoms with van der Waals surface area (Å²) >= 11 is 0. The average Bonchev–Trinajstić information content (AvgIpc) is 3.19. The van der Waals surface area contributed by atoms with Crippen LogP contribution in [0, 0.1) is 5.82 Å². The molecular weight excluding hydrogens is 429 g/mol. The number of halogens is 1. The normalized spacial score (nSPS) is 13.1. The van der Waals surface area contributed by atoms with Crippen LogP contribution < -0.4 is 14.8 Å². The Morgan fingerprint density at radius 2 is 1.77 bits per heavy atom. The van der Waals surface area contributed by atoms with Crippen molar-refractivity contribution < 1.29 is 31.5 Å². The van der Waals surface area contributed by atoms with Crippen LogP contribution in [-0.2, 0) is 21.1 Å². The first-order valence-electron chi connectivity index (χ1n) is 9.38. The number of amides is 1. The third-order valence-electron chi connectivity index (χ3n) is 4.45. The molecule has 9 nitrogen and oxygen atoms in total. The Labute approximate surface area is 177 Å². The van der Waals surface area contributed by atoms with Crippen LogP contribution in [0.4, 0.5) is 10.4 Å². The van der Waals surface area contributed by atoms with E-state index >= 15 is 0 Å². The molecule has 1 amide bonds. The minimum Gasteiger partial charge on any atom is -0.486 e. The Morgan fingerprint density at radius 3 is 2.55 bits per heavy atom. The number of anilines is 1. The Balaban J connectivity index is 1.32. The summed E-state index contributed by atoms with van der Waals surface area (Å²) < 4.78 is 53.8. The first-order valence-corrected chi connectivity index (χ1v) is 11.0. The molecule has 0 radical (unpaired) electrons. The molecule has 1 aliphatic rings. The number of carbonyl (C=O) groups excluding carboxylic acids is 1. The predicted molar refractivity (Wildman–Crippen MR) is 106 cm³/mol. The summed E-state index contributed by atoms with van der Waals surface area (Å²) in [5, 5.41) is 10.0. The van der Waals surface area contributed by atoms with Crippen molar-refractivity contribution in [2.24, 2.45) is 0 Å². The van der Waals surface area contributed by atoms with Gasteiger partial charge in [0, 0.05) is 6.42 Å². The van der Waals surface area contributed by atoms with Crippen LogP contribution in [0.5, 0.6) is 11.5 Å². The summed E-state index contributed by atoms with van der Waals surface area (Å²) in [5.41, 5.74) is 0.858. The summed E-state index contributed by atoms with van der Waals surface area (Å²) in [6, 6.07) is 9.74. The number of fused-ring (bicyclic) bond motifs is 1. The maximum absolute atomic E-state index is 13.0. The van der Waals surface area contributed by atoms with Crippen LogP contribution in [0.15, 0.2) is 51.8 Å². The summed E-state index contributed by atoms with van der Waals surface area (Å²) in [6.07, 6.45) is -0.00194. The van der Waals surface area contributed by atoms with Gasteiger partial charge in [0.05, 0.1) is 17.1 Å². The fourth-order valence-electron chi connectivity index (χ4n) is 2.92. The molecule has 2 heterocycles. The number of nitrogens with one attached hydrogen (secondary N) is 1. The molecule has 1 N–H and O–H groups in total. The van der Waals surface area contributed by atoms with Crippen molar-refractivity contribution in [1.29, 1.82) is 0 Å². The second-order valence-electron chi connectivity index (χ2n) is 6.73. The fraction of sp³-hybridized carbons (Fsp3) is 0.250. The summed E-state index contributed by atoms with van der Waals surface area (Å²) in [4.78, 5) is 12.0. The van der Waals surface area contributed by atoms with Gasteiger partial charge < -0.3 is 13.9 Å². The number of rotatable bonds is 7. The molecule has 1 aliphatic heterocycles. The van der Waals surface area contributed by atoms with Gasteiger partial charge in [-0.05, 0) is 42.0 Å². The van der Waals surface area contributed by atoms with E-state index in [2.05, 4.69) is 15.5 Å². The smallest absolute Gasteiger partial charge is 0.322 e. The molecule has 31 heavy (non-hydrogen) atoms. The molecule has 0 atom stereocenters. The molecule has 0 spiro atoms. The summed E-state index contributed by atoms with van der Waals surface area (Å²) in [5.74, 6) is -0.00246. The van der Waals surface area contributed by atoms with E-state index in [9.17, 15) is 17.6 Å². The molecular formula is C20H18FN3O6S. The molecule has 0 bridgehead atoms. The molecule has 11 heteroatoms. The number of nitrogens with zero attached hydrogens (tertiary/aromatic N) is 2. The van der Waals surface area contributed by atoms with Gasteiger partial charge >= 0.3 is 6.01 Å². The van der Waals surface area contributed by atoms with E-state index in [0.717, 1.165) is 29.8 Å². The second-order valence-corrected chi connectivity index (χ2v) is 8.84. The van der Waals surface area contributed by atoms with Crippen molar-refractivity contribution in [2.75, 3.05) is 24.3 Å².